The first-order valence-corrected chi connectivity index (χ1v) is 12.6. The monoisotopic (exact) mass is 472 g/mol. The number of benzene rings is 4. The summed E-state index contributed by atoms with van der Waals surface area (Å²) in [6.45, 7) is 0. The molecule has 0 amide bonds. The SMILES string of the molecule is CO[C@@H]1c2ccccc2[C@@]23Cc4c(ccc5ccccc45)O[C@@]24C(=O)C[C@H](c2ccccc24)[C@@H]1C3=O. The minimum Gasteiger partial charge on any atom is -0.473 e. The maximum atomic E-state index is 15.0. The van der Waals surface area contributed by atoms with E-state index in [4.69, 9.17) is 9.47 Å². The number of ether oxygens (including phenoxy) is 2. The molecular weight excluding hydrogens is 448 g/mol. The van der Waals surface area contributed by atoms with Gasteiger partial charge in [-0.05, 0) is 39.9 Å². The standard InChI is InChI=1S/C32H24O4/c1-35-29-21-11-5-6-12-24(21)31-17-23-19-9-3-2-8-18(19)14-15-26(23)36-32(31)25-13-7-4-10-20(25)22(16-27(32)33)28(29)30(31)34/h2-15,22,28-29H,16-17H2,1H3/t22-,28+,29-,31-,32+/m1/s1. The third-order valence-corrected chi connectivity index (χ3v) is 9.31. The molecule has 0 radical (unpaired) electrons. The van der Waals surface area contributed by atoms with Gasteiger partial charge in [-0.25, -0.2) is 0 Å². The van der Waals surface area contributed by atoms with Gasteiger partial charge in [0, 0.05) is 30.6 Å². The van der Waals surface area contributed by atoms with Crippen molar-refractivity contribution in [2.75, 3.05) is 7.11 Å². The van der Waals surface area contributed by atoms with Crippen LogP contribution in [0.5, 0.6) is 5.75 Å². The number of carbonyl (C=O) groups is 2. The van der Waals surface area contributed by atoms with E-state index in [0.717, 1.165) is 38.6 Å². The van der Waals surface area contributed by atoms with Gasteiger partial charge >= 0.3 is 0 Å². The quantitative estimate of drug-likeness (QED) is 0.364. The van der Waals surface area contributed by atoms with Crippen molar-refractivity contribution in [3.05, 3.63) is 113 Å². The van der Waals surface area contributed by atoms with E-state index in [2.05, 4.69) is 24.3 Å². The zero-order valence-electron chi connectivity index (χ0n) is 19.9. The summed E-state index contributed by atoms with van der Waals surface area (Å²) in [5.41, 5.74) is 2.15. The lowest BCUT2D eigenvalue weighted by Gasteiger charge is -2.54. The van der Waals surface area contributed by atoms with Crippen LogP contribution >= 0.6 is 0 Å². The number of fused-ring (bicyclic) bond motifs is 5. The van der Waals surface area contributed by atoms with Crippen molar-refractivity contribution >= 4 is 22.3 Å². The maximum absolute atomic E-state index is 15.0. The van der Waals surface area contributed by atoms with Crippen molar-refractivity contribution in [3.63, 3.8) is 0 Å². The fraction of sp³-hybridized carbons (Fsp3) is 0.250. The van der Waals surface area contributed by atoms with Crippen LogP contribution in [0, 0.1) is 5.92 Å². The van der Waals surface area contributed by atoms with Gasteiger partial charge in [-0.3, -0.25) is 9.59 Å². The van der Waals surface area contributed by atoms with E-state index in [1.807, 2.05) is 60.7 Å². The molecule has 0 aromatic heterocycles. The molecule has 0 unspecified atom stereocenters. The Morgan fingerprint density at radius 1 is 0.833 bits per heavy atom. The minimum absolute atomic E-state index is 0.00702. The topological polar surface area (TPSA) is 52.6 Å². The number of rotatable bonds is 1. The van der Waals surface area contributed by atoms with Crippen molar-refractivity contribution in [1.29, 1.82) is 0 Å². The second-order valence-corrected chi connectivity index (χ2v) is 10.6. The Kier molecular flexibility index (Phi) is 3.81. The van der Waals surface area contributed by atoms with Gasteiger partial charge in [-0.1, -0.05) is 78.9 Å². The summed E-state index contributed by atoms with van der Waals surface area (Å²) in [5.74, 6) is 0.0557. The zero-order chi connectivity index (χ0) is 24.2. The van der Waals surface area contributed by atoms with E-state index in [1.165, 1.54) is 0 Å². The van der Waals surface area contributed by atoms with Gasteiger partial charge in [-0.15, -0.1) is 0 Å². The van der Waals surface area contributed by atoms with E-state index in [-0.39, 0.29) is 23.9 Å². The fourth-order valence-electron chi connectivity index (χ4n) is 7.98. The zero-order valence-corrected chi connectivity index (χ0v) is 19.9. The van der Waals surface area contributed by atoms with Crippen LogP contribution in [0.1, 0.15) is 46.3 Å². The van der Waals surface area contributed by atoms with Crippen molar-refractivity contribution in [2.24, 2.45) is 5.92 Å². The van der Waals surface area contributed by atoms with Gasteiger partial charge in [0.05, 0.1) is 12.0 Å². The predicted molar refractivity (Wildman–Crippen MR) is 135 cm³/mol. The number of hydrogen-bond donors (Lipinski definition) is 0. The lowest BCUT2D eigenvalue weighted by Crippen LogP contribution is -2.66. The fourth-order valence-corrected chi connectivity index (χ4v) is 7.98. The molecule has 5 atom stereocenters. The van der Waals surface area contributed by atoms with Crippen LogP contribution < -0.4 is 4.74 Å². The first kappa shape index (κ1) is 20.4. The van der Waals surface area contributed by atoms with Gasteiger partial charge < -0.3 is 9.47 Å². The Balaban J connectivity index is 1.58. The highest BCUT2D eigenvalue weighted by atomic mass is 16.5. The molecule has 4 heteroatoms. The summed E-state index contributed by atoms with van der Waals surface area (Å²) in [4.78, 5) is 29.5. The Hall–Kier alpha value is -3.76. The second-order valence-electron chi connectivity index (χ2n) is 10.6. The average Bonchev–Trinajstić information content (AvgIpc) is 3.01. The highest BCUT2D eigenvalue weighted by Crippen LogP contribution is 2.67. The van der Waals surface area contributed by atoms with E-state index in [1.54, 1.807) is 7.11 Å². The molecular formula is C32H24O4. The summed E-state index contributed by atoms with van der Waals surface area (Å²) in [6, 6.07) is 28.3. The summed E-state index contributed by atoms with van der Waals surface area (Å²) in [7, 11) is 1.67. The summed E-state index contributed by atoms with van der Waals surface area (Å²) < 4.78 is 13.1. The highest BCUT2D eigenvalue weighted by Gasteiger charge is 2.75. The normalized spacial score (nSPS) is 31.1. The highest BCUT2D eigenvalue weighted by molar-refractivity contribution is 6.10. The Morgan fingerprint density at radius 3 is 2.39 bits per heavy atom. The van der Waals surface area contributed by atoms with Crippen LogP contribution in [0.3, 0.4) is 0 Å². The van der Waals surface area contributed by atoms with Crippen molar-refractivity contribution in [3.8, 4) is 5.75 Å². The van der Waals surface area contributed by atoms with Crippen LogP contribution in [-0.2, 0) is 31.8 Å². The molecule has 1 aliphatic heterocycles. The number of ketones is 2. The molecule has 4 bridgehead atoms. The van der Waals surface area contributed by atoms with E-state index < -0.39 is 23.0 Å². The van der Waals surface area contributed by atoms with E-state index in [0.29, 0.717) is 12.2 Å². The summed E-state index contributed by atoms with van der Waals surface area (Å²) >= 11 is 0. The van der Waals surface area contributed by atoms with Crippen LogP contribution in [0.25, 0.3) is 10.8 Å². The van der Waals surface area contributed by atoms with Gasteiger partial charge in [0.25, 0.3) is 0 Å². The second kappa shape index (κ2) is 6.71. The number of Topliss-reactive ketones (excluding diaryl/α,β-unsaturated/α-hetero) is 2. The summed E-state index contributed by atoms with van der Waals surface area (Å²) in [5, 5.41) is 2.16. The molecule has 4 aliphatic carbocycles. The lowest BCUT2D eigenvalue weighted by molar-refractivity contribution is -0.156. The Morgan fingerprint density at radius 2 is 1.56 bits per heavy atom. The van der Waals surface area contributed by atoms with Crippen LogP contribution in [-0.4, -0.2) is 18.7 Å². The molecule has 4 aromatic rings. The smallest absolute Gasteiger partial charge is 0.209 e. The molecule has 0 saturated heterocycles. The third-order valence-electron chi connectivity index (χ3n) is 9.31. The molecule has 4 nitrogen and oxygen atoms in total. The number of methoxy groups -OCH3 is 1. The van der Waals surface area contributed by atoms with Gasteiger partial charge in [-0.2, -0.15) is 0 Å². The first-order chi connectivity index (χ1) is 17.6. The molecule has 176 valence electrons. The van der Waals surface area contributed by atoms with Crippen LogP contribution in [0.15, 0.2) is 84.9 Å². The molecule has 0 N–H and O–H groups in total. The molecule has 1 fully saturated rings. The van der Waals surface area contributed by atoms with Crippen LogP contribution in [0.2, 0.25) is 0 Å². The van der Waals surface area contributed by atoms with Gasteiger partial charge in [0.2, 0.25) is 5.60 Å². The first-order valence-electron chi connectivity index (χ1n) is 12.6. The lowest BCUT2D eigenvalue weighted by atomic mass is 9.53. The van der Waals surface area contributed by atoms with E-state index >= 15 is 4.79 Å². The molecule has 9 rings (SSSR count). The summed E-state index contributed by atoms with van der Waals surface area (Å²) in [6.07, 6.45) is 0.276. The molecule has 36 heavy (non-hydrogen) atoms. The Labute approximate surface area is 208 Å². The largest absolute Gasteiger partial charge is 0.473 e. The van der Waals surface area contributed by atoms with Crippen molar-refractivity contribution < 1.29 is 19.1 Å². The Bertz CT molecular complexity index is 1640. The maximum Gasteiger partial charge on any atom is 0.209 e. The van der Waals surface area contributed by atoms with Crippen molar-refractivity contribution in [2.45, 2.75) is 35.9 Å². The molecule has 1 heterocycles. The van der Waals surface area contributed by atoms with E-state index in [9.17, 15) is 4.79 Å². The van der Waals surface area contributed by atoms with Gasteiger partial charge in [0.15, 0.2) is 11.6 Å². The third kappa shape index (κ3) is 2.09. The molecule has 1 saturated carbocycles. The van der Waals surface area contributed by atoms with Crippen molar-refractivity contribution in [1.82, 2.24) is 0 Å². The number of carbonyl (C=O) groups excluding carboxylic acids is 2. The van der Waals surface area contributed by atoms with Crippen LogP contribution in [0.4, 0.5) is 0 Å². The number of hydrogen-bond acceptors (Lipinski definition) is 4. The molecule has 5 aliphatic rings. The average molecular weight is 473 g/mol. The molecule has 2 spiro atoms. The predicted octanol–water partition coefficient (Wildman–Crippen LogP) is 5.56. The molecule has 4 aromatic carbocycles. The van der Waals surface area contributed by atoms with Gasteiger partial charge in [0.1, 0.15) is 11.2 Å². The minimum atomic E-state index is -1.41.